The lowest BCUT2D eigenvalue weighted by atomic mass is 10.0. The average molecular weight is 320 g/mol. The summed E-state index contributed by atoms with van der Waals surface area (Å²) in [6, 6.07) is 6.00. The van der Waals surface area contributed by atoms with E-state index < -0.39 is 0 Å². The van der Waals surface area contributed by atoms with Crippen LogP contribution in [0.15, 0.2) is 18.2 Å². The predicted octanol–water partition coefficient (Wildman–Crippen LogP) is 2.70. The fourth-order valence-electron chi connectivity index (χ4n) is 3.29. The fraction of sp³-hybridized carbons (Fsp3) is 0.611. The van der Waals surface area contributed by atoms with E-state index in [1.807, 2.05) is 0 Å². The SMILES string of the molecule is CCC1CCCCN1CCNC(=O)c1cccc(OC)c1OC. The standard InChI is InChI=1S/C18H28N2O3/c1-4-14-8-5-6-12-20(14)13-11-19-18(21)15-9-7-10-16(22-2)17(15)23-3/h7,9-10,14H,4-6,8,11-13H2,1-3H3,(H,19,21). The first-order chi connectivity index (χ1) is 11.2. The number of amides is 1. The molecule has 1 aliphatic heterocycles. The van der Waals surface area contributed by atoms with E-state index >= 15 is 0 Å². The molecule has 1 aromatic carbocycles. The lowest BCUT2D eigenvalue weighted by molar-refractivity contribution is 0.0930. The molecule has 1 N–H and O–H groups in total. The monoisotopic (exact) mass is 320 g/mol. The Kier molecular flexibility index (Phi) is 6.71. The first kappa shape index (κ1) is 17.6. The van der Waals surface area contributed by atoms with Gasteiger partial charge in [-0.3, -0.25) is 9.69 Å². The predicted molar refractivity (Wildman–Crippen MR) is 91.4 cm³/mol. The molecule has 0 aliphatic carbocycles. The molecule has 0 aromatic heterocycles. The zero-order chi connectivity index (χ0) is 16.7. The molecule has 1 amide bonds. The third-order valence-corrected chi connectivity index (χ3v) is 4.55. The van der Waals surface area contributed by atoms with Crippen LogP contribution in [0.25, 0.3) is 0 Å². The molecule has 1 atom stereocenters. The number of likely N-dealkylation sites (tertiary alicyclic amines) is 1. The maximum absolute atomic E-state index is 12.4. The molecule has 0 radical (unpaired) electrons. The first-order valence-corrected chi connectivity index (χ1v) is 8.44. The number of ether oxygens (including phenoxy) is 2. The number of nitrogens with zero attached hydrogens (tertiary/aromatic N) is 1. The zero-order valence-corrected chi connectivity index (χ0v) is 14.4. The molecule has 128 valence electrons. The highest BCUT2D eigenvalue weighted by molar-refractivity contribution is 5.97. The van der Waals surface area contributed by atoms with Crippen molar-refractivity contribution in [2.45, 2.75) is 38.6 Å². The molecule has 1 aliphatic rings. The second-order valence-corrected chi connectivity index (χ2v) is 5.89. The van der Waals surface area contributed by atoms with Crippen LogP contribution < -0.4 is 14.8 Å². The van der Waals surface area contributed by atoms with Gasteiger partial charge in [-0.1, -0.05) is 19.4 Å². The van der Waals surface area contributed by atoms with Gasteiger partial charge in [-0.15, -0.1) is 0 Å². The van der Waals surface area contributed by atoms with Gasteiger partial charge in [0, 0.05) is 19.1 Å². The Hall–Kier alpha value is -1.75. The van der Waals surface area contributed by atoms with Crippen LogP contribution >= 0.6 is 0 Å². The van der Waals surface area contributed by atoms with Crippen molar-refractivity contribution < 1.29 is 14.3 Å². The molecule has 0 spiro atoms. The first-order valence-electron chi connectivity index (χ1n) is 8.44. The highest BCUT2D eigenvalue weighted by atomic mass is 16.5. The smallest absolute Gasteiger partial charge is 0.255 e. The Morgan fingerprint density at radius 3 is 2.83 bits per heavy atom. The summed E-state index contributed by atoms with van der Waals surface area (Å²) in [7, 11) is 3.12. The van der Waals surface area contributed by atoms with Crippen LogP contribution in [0.2, 0.25) is 0 Å². The highest BCUT2D eigenvalue weighted by Crippen LogP contribution is 2.30. The molecule has 1 aromatic rings. The van der Waals surface area contributed by atoms with Gasteiger partial charge < -0.3 is 14.8 Å². The van der Waals surface area contributed by atoms with Crippen molar-refractivity contribution in [2.24, 2.45) is 0 Å². The molecule has 0 saturated carbocycles. The molecule has 5 nitrogen and oxygen atoms in total. The van der Waals surface area contributed by atoms with Crippen LogP contribution in [-0.2, 0) is 0 Å². The molecule has 5 heteroatoms. The number of piperidine rings is 1. The van der Waals surface area contributed by atoms with Crippen molar-refractivity contribution in [2.75, 3.05) is 33.9 Å². The number of rotatable bonds is 7. The third-order valence-electron chi connectivity index (χ3n) is 4.55. The fourth-order valence-corrected chi connectivity index (χ4v) is 3.29. The Morgan fingerprint density at radius 1 is 1.30 bits per heavy atom. The van der Waals surface area contributed by atoms with Gasteiger partial charge in [-0.25, -0.2) is 0 Å². The second-order valence-electron chi connectivity index (χ2n) is 5.89. The van der Waals surface area contributed by atoms with Gasteiger partial charge in [0.15, 0.2) is 11.5 Å². The van der Waals surface area contributed by atoms with Gasteiger partial charge in [0.2, 0.25) is 0 Å². The summed E-state index contributed by atoms with van der Waals surface area (Å²) in [5.41, 5.74) is 0.512. The van der Waals surface area contributed by atoms with Gasteiger partial charge in [0.25, 0.3) is 5.91 Å². The van der Waals surface area contributed by atoms with Crippen LogP contribution in [0.1, 0.15) is 43.0 Å². The van der Waals surface area contributed by atoms with Gasteiger partial charge in [0.1, 0.15) is 0 Å². The molecule has 1 saturated heterocycles. The van der Waals surface area contributed by atoms with E-state index in [9.17, 15) is 4.79 Å². The number of hydrogen-bond acceptors (Lipinski definition) is 4. The number of hydrogen-bond donors (Lipinski definition) is 1. The third kappa shape index (κ3) is 4.38. The molecule has 1 unspecified atom stereocenters. The number of para-hydroxylation sites is 1. The summed E-state index contributed by atoms with van der Waals surface area (Å²) in [5, 5.41) is 3.00. The number of nitrogens with one attached hydrogen (secondary N) is 1. The van der Waals surface area contributed by atoms with Crippen molar-refractivity contribution >= 4 is 5.91 Å². The molecule has 23 heavy (non-hydrogen) atoms. The maximum Gasteiger partial charge on any atom is 0.255 e. The Morgan fingerprint density at radius 2 is 2.13 bits per heavy atom. The molecule has 0 bridgehead atoms. The van der Waals surface area contributed by atoms with Crippen molar-refractivity contribution in [1.82, 2.24) is 10.2 Å². The normalized spacial score (nSPS) is 18.5. The van der Waals surface area contributed by atoms with E-state index in [0.717, 1.165) is 13.1 Å². The quantitative estimate of drug-likeness (QED) is 0.839. The lowest BCUT2D eigenvalue weighted by Crippen LogP contribution is -2.43. The number of benzene rings is 1. The largest absolute Gasteiger partial charge is 0.493 e. The van der Waals surface area contributed by atoms with Gasteiger partial charge in [-0.05, 0) is 37.9 Å². The van der Waals surface area contributed by atoms with Crippen LogP contribution in [0, 0.1) is 0 Å². The summed E-state index contributed by atoms with van der Waals surface area (Å²) in [4.78, 5) is 14.9. The van der Waals surface area contributed by atoms with E-state index in [0.29, 0.717) is 29.6 Å². The second kappa shape index (κ2) is 8.77. The number of carbonyl (C=O) groups excluding carboxylic acids is 1. The van der Waals surface area contributed by atoms with Gasteiger partial charge in [-0.2, -0.15) is 0 Å². The Labute approximate surface area is 139 Å². The minimum atomic E-state index is -0.120. The summed E-state index contributed by atoms with van der Waals surface area (Å²) < 4.78 is 10.6. The molecular weight excluding hydrogens is 292 g/mol. The van der Waals surface area contributed by atoms with Gasteiger partial charge >= 0.3 is 0 Å². The summed E-state index contributed by atoms with van der Waals surface area (Å²) >= 11 is 0. The van der Waals surface area contributed by atoms with E-state index in [2.05, 4.69) is 17.1 Å². The minimum absolute atomic E-state index is 0.120. The van der Waals surface area contributed by atoms with E-state index in [4.69, 9.17) is 9.47 Å². The van der Waals surface area contributed by atoms with E-state index in [1.165, 1.54) is 25.7 Å². The van der Waals surface area contributed by atoms with Crippen molar-refractivity contribution in [3.8, 4) is 11.5 Å². The van der Waals surface area contributed by atoms with Crippen LogP contribution in [-0.4, -0.2) is 50.7 Å². The minimum Gasteiger partial charge on any atom is -0.493 e. The average Bonchev–Trinajstić information content (AvgIpc) is 2.61. The maximum atomic E-state index is 12.4. The van der Waals surface area contributed by atoms with Crippen LogP contribution in [0.5, 0.6) is 11.5 Å². The van der Waals surface area contributed by atoms with Gasteiger partial charge in [0.05, 0.1) is 19.8 Å². The highest BCUT2D eigenvalue weighted by Gasteiger charge is 2.21. The summed E-state index contributed by atoms with van der Waals surface area (Å²) in [5.74, 6) is 0.935. The number of carbonyl (C=O) groups is 1. The lowest BCUT2D eigenvalue weighted by Gasteiger charge is -2.35. The summed E-state index contributed by atoms with van der Waals surface area (Å²) in [6.45, 7) is 4.92. The van der Waals surface area contributed by atoms with E-state index in [-0.39, 0.29) is 5.91 Å². The molecule has 2 rings (SSSR count). The zero-order valence-electron chi connectivity index (χ0n) is 14.4. The van der Waals surface area contributed by atoms with Crippen LogP contribution in [0.3, 0.4) is 0 Å². The number of methoxy groups -OCH3 is 2. The van der Waals surface area contributed by atoms with Crippen molar-refractivity contribution in [3.05, 3.63) is 23.8 Å². The van der Waals surface area contributed by atoms with Crippen molar-refractivity contribution in [3.63, 3.8) is 0 Å². The molecular formula is C18H28N2O3. The molecule has 1 heterocycles. The summed E-state index contributed by atoms with van der Waals surface area (Å²) in [6.07, 6.45) is 5.03. The van der Waals surface area contributed by atoms with E-state index in [1.54, 1.807) is 32.4 Å². The Bertz CT molecular complexity index is 519. The van der Waals surface area contributed by atoms with Crippen molar-refractivity contribution in [1.29, 1.82) is 0 Å². The van der Waals surface area contributed by atoms with Crippen LogP contribution in [0.4, 0.5) is 0 Å². The topological polar surface area (TPSA) is 50.8 Å². The Balaban J connectivity index is 1.92. The molecule has 1 fully saturated rings.